The summed E-state index contributed by atoms with van der Waals surface area (Å²) in [6.07, 6.45) is 0.819. The molecular formula is C13H12N2O2. The van der Waals surface area contributed by atoms with Crippen molar-refractivity contribution in [1.29, 1.82) is 5.26 Å². The summed E-state index contributed by atoms with van der Waals surface area (Å²) < 4.78 is 5.39. The monoisotopic (exact) mass is 228 g/mol. The number of pyridine rings is 1. The molecule has 1 aromatic carbocycles. The summed E-state index contributed by atoms with van der Waals surface area (Å²) in [5.74, 6) is 0.262. The predicted octanol–water partition coefficient (Wildman–Crippen LogP) is 2.19. The average molecular weight is 228 g/mol. The number of nitriles is 1. The maximum absolute atomic E-state index is 12.0. The lowest BCUT2D eigenvalue weighted by Crippen LogP contribution is -2.11. The van der Waals surface area contributed by atoms with Crippen LogP contribution in [0.2, 0.25) is 0 Å². The van der Waals surface area contributed by atoms with Crippen LogP contribution in [0.3, 0.4) is 0 Å². The van der Waals surface area contributed by atoms with Gasteiger partial charge in [-0.05, 0) is 18.6 Å². The lowest BCUT2D eigenvalue weighted by atomic mass is 10.1. The van der Waals surface area contributed by atoms with Crippen LogP contribution in [0.4, 0.5) is 0 Å². The second kappa shape index (κ2) is 4.71. The highest BCUT2D eigenvalue weighted by Crippen LogP contribution is 2.16. The van der Waals surface area contributed by atoms with Crippen molar-refractivity contribution in [2.45, 2.75) is 13.3 Å². The second-order valence-electron chi connectivity index (χ2n) is 3.66. The van der Waals surface area contributed by atoms with Gasteiger partial charge in [0.2, 0.25) is 11.3 Å². The van der Waals surface area contributed by atoms with E-state index in [1.165, 1.54) is 0 Å². The Morgan fingerprint density at radius 1 is 1.41 bits per heavy atom. The SMILES string of the molecule is CCCOc1[nH]c2ccccc2c(=O)c1C#N. The summed E-state index contributed by atoms with van der Waals surface area (Å²) in [5.41, 5.74) is 0.438. The molecular weight excluding hydrogens is 216 g/mol. The van der Waals surface area contributed by atoms with Crippen LogP contribution in [-0.4, -0.2) is 11.6 Å². The molecule has 0 bridgehead atoms. The van der Waals surface area contributed by atoms with Crippen molar-refractivity contribution in [2.75, 3.05) is 6.61 Å². The third-order valence-electron chi connectivity index (χ3n) is 2.44. The van der Waals surface area contributed by atoms with E-state index in [2.05, 4.69) is 4.98 Å². The van der Waals surface area contributed by atoms with Gasteiger partial charge in [-0.1, -0.05) is 19.1 Å². The number of benzene rings is 1. The van der Waals surface area contributed by atoms with Crippen LogP contribution in [0.5, 0.6) is 5.88 Å². The molecule has 4 heteroatoms. The second-order valence-corrected chi connectivity index (χ2v) is 3.66. The van der Waals surface area contributed by atoms with Gasteiger partial charge in [0.05, 0.1) is 12.1 Å². The van der Waals surface area contributed by atoms with E-state index < -0.39 is 0 Å². The molecule has 0 spiro atoms. The molecule has 0 amide bonds. The smallest absolute Gasteiger partial charge is 0.213 e. The molecule has 1 N–H and O–H groups in total. The molecule has 0 unspecified atom stereocenters. The number of nitrogens with one attached hydrogen (secondary N) is 1. The summed E-state index contributed by atoms with van der Waals surface area (Å²) in [4.78, 5) is 15.0. The molecule has 4 nitrogen and oxygen atoms in total. The first-order valence-electron chi connectivity index (χ1n) is 5.45. The van der Waals surface area contributed by atoms with Crippen LogP contribution in [0, 0.1) is 11.3 Å². The van der Waals surface area contributed by atoms with Crippen molar-refractivity contribution in [3.05, 3.63) is 40.1 Å². The number of ether oxygens (including phenoxy) is 1. The normalized spacial score (nSPS) is 10.1. The zero-order valence-corrected chi connectivity index (χ0v) is 9.49. The number of aromatic amines is 1. The summed E-state index contributed by atoms with van der Waals surface area (Å²) in [6.45, 7) is 2.44. The first-order chi connectivity index (χ1) is 8.27. The number of fused-ring (bicyclic) bond motifs is 1. The van der Waals surface area contributed by atoms with Gasteiger partial charge < -0.3 is 9.72 Å². The summed E-state index contributed by atoms with van der Waals surface area (Å²) in [7, 11) is 0. The Bertz CT molecular complexity index is 638. The standard InChI is InChI=1S/C13H12N2O2/c1-2-7-17-13-10(8-14)12(16)9-5-3-4-6-11(9)15-13/h3-6H,2,7H2,1H3,(H,15,16). The zero-order chi connectivity index (χ0) is 12.3. The highest BCUT2D eigenvalue weighted by Gasteiger charge is 2.12. The summed E-state index contributed by atoms with van der Waals surface area (Å²) in [6, 6.07) is 8.97. The number of H-pyrrole nitrogens is 1. The lowest BCUT2D eigenvalue weighted by molar-refractivity contribution is 0.305. The molecule has 0 saturated heterocycles. The first-order valence-corrected chi connectivity index (χ1v) is 5.45. The minimum absolute atomic E-state index is 0.0390. The van der Waals surface area contributed by atoms with Crippen molar-refractivity contribution < 1.29 is 4.74 Å². The zero-order valence-electron chi connectivity index (χ0n) is 9.49. The molecule has 0 aliphatic heterocycles. The third kappa shape index (κ3) is 2.00. The number of rotatable bonds is 3. The van der Waals surface area contributed by atoms with Gasteiger partial charge in [0.25, 0.3) is 0 Å². The maximum atomic E-state index is 12.0. The first kappa shape index (κ1) is 11.2. The van der Waals surface area contributed by atoms with Gasteiger partial charge in [0.15, 0.2) is 5.56 Å². The molecule has 0 fully saturated rings. The Balaban J connectivity index is 2.68. The fourth-order valence-electron chi connectivity index (χ4n) is 1.63. The molecule has 1 aromatic heterocycles. The summed E-state index contributed by atoms with van der Waals surface area (Å²) >= 11 is 0. The van der Waals surface area contributed by atoms with Crippen LogP contribution >= 0.6 is 0 Å². The van der Waals surface area contributed by atoms with E-state index in [0.717, 1.165) is 6.42 Å². The van der Waals surface area contributed by atoms with E-state index >= 15 is 0 Å². The number of aromatic nitrogens is 1. The molecule has 0 radical (unpaired) electrons. The predicted molar refractivity (Wildman–Crippen MR) is 65.1 cm³/mol. The molecule has 2 rings (SSSR count). The molecule has 86 valence electrons. The largest absolute Gasteiger partial charge is 0.478 e. The highest BCUT2D eigenvalue weighted by molar-refractivity contribution is 5.80. The molecule has 17 heavy (non-hydrogen) atoms. The van der Waals surface area contributed by atoms with Gasteiger partial charge in [-0.25, -0.2) is 0 Å². The Kier molecular flexibility index (Phi) is 3.10. The van der Waals surface area contributed by atoms with Crippen molar-refractivity contribution in [2.24, 2.45) is 0 Å². The Morgan fingerprint density at radius 3 is 2.88 bits per heavy atom. The van der Waals surface area contributed by atoms with Crippen LogP contribution in [0.15, 0.2) is 29.1 Å². The van der Waals surface area contributed by atoms with Gasteiger partial charge in [-0.15, -0.1) is 0 Å². The Hall–Kier alpha value is -2.28. The maximum Gasteiger partial charge on any atom is 0.213 e. The Morgan fingerprint density at radius 2 is 2.18 bits per heavy atom. The van der Waals surface area contributed by atoms with Crippen LogP contribution in [0.25, 0.3) is 10.9 Å². The van der Waals surface area contributed by atoms with E-state index in [4.69, 9.17) is 10.00 Å². The van der Waals surface area contributed by atoms with Crippen molar-refractivity contribution in [1.82, 2.24) is 4.98 Å². The average Bonchev–Trinajstić information content (AvgIpc) is 2.36. The molecule has 0 aliphatic carbocycles. The van der Waals surface area contributed by atoms with E-state index in [1.807, 2.05) is 19.1 Å². The highest BCUT2D eigenvalue weighted by atomic mass is 16.5. The number of para-hydroxylation sites is 1. The minimum Gasteiger partial charge on any atom is -0.478 e. The van der Waals surface area contributed by atoms with Gasteiger partial charge in [-0.2, -0.15) is 5.26 Å². The van der Waals surface area contributed by atoms with Gasteiger partial charge >= 0.3 is 0 Å². The van der Waals surface area contributed by atoms with Crippen LogP contribution in [0.1, 0.15) is 18.9 Å². The molecule has 0 aliphatic rings. The fraction of sp³-hybridized carbons (Fsp3) is 0.231. The fourth-order valence-corrected chi connectivity index (χ4v) is 1.63. The molecule has 2 aromatic rings. The molecule has 0 atom stereocenters. The minimum atomic E-state index is -0.284. The Labute approximate surface area is 98.5 Å². The number of hydrogen-bond donors (Lipinski definition) is 1. The number of hydrogen-bond acceptors (Lipinski definition) is 3. The topological polar surface area (TPSA) is 65.9 Å². The van der Waals surface area contributed by atoms with Gasteiger partial charge in [0.1, 0.15) is 6.07 Å². The number of nitrogens with zero attached hydrogens (tertiary/aromatic N) is 1. The third-order valence-corrected chi connectivity index (χ3v) is 2.44. The van der Waals surface area contributed by atoms with Crippen LogP contribution < -0.4 is 10.2 Å². The summed E-state index contributed by atoms with van der Waals surface area (Å²) in [5, 5.41) is 9.52. The van der Waals surface area contributed by atoms with Crippen molar-refractivity contribution >= 4 is 10.9 Å². The van der Waals surface area contributed by atoms with Crippen LogP contribution in [-0.2, 0) is 0 Å². The van der Waals surface area contributed by atoms with Crippen molar-refractivity contribution in [3.63, 3.8) is 0 Å². The lowest BCUT2D eigenvalue weighted by Gasteiger charge is -2.07. The van der Waals surface area contributed by atoms with E-state index in [9.17, 15) is 4.79 Å². The van der Waals surface area contributed by atoms with E-state index in [0.29, 0.717) is 17.5 Å². The van der Waals surface area contributed by atoms with Gasteiger partial charge in [0, 0.05) is 5.39 Å². The van der Waals surface area contributed by atoms with Crippen molar-refractivity contribution in [3.8, 4) is 11.9 Å². The van der Waals surface area contributed by atoms with E-state index in [1.54, 1.807) is 18.2 Å². The molecule has 1 heterocycles. The molecule has 0 saturated carbocycles. The van der Waals surface area contributed by atoms with E-state index in [-0.39, 0.29) is 16.9 Å². The van der Waals surface area contributed by atoms with Gasteiger partial charge in [-0.3, -0.25) is 4.79 Å². The quantitative estimate of drug-likeness (QED) is 0.875.